The molecule has 0 saturated heterocycles. The number of ether oxygens (including phenoxy) is 1. The second-order valence-electron chi connectivity index (χ2n) is 3.53. The molecule has 1 aromatic carbocycles. The van der Waals surface area contributed by atoms with Crippen molar-refractivity contribution < 1.29 is 9.15 Å². The largest absolute Gasteiger partial charge is 0.494 e. The van der Waals surface area contributed by atoms with E-state index in [1.54, 1.807) is 12.5 Å². The molecule has 1 atom stereocenters. The van der Waals surface area contributed by atoms with E-state index < -0.39 is 0 Å². The summed E-state index contributed by atoms with van der Waals surface area (Å²) in [4.78, 5) is 0. The summed E-state index contributed by atoms with van der Waals surface area (Å²) in [5.74, 6) is 0.803. The Hall–Kier alpha value is -0.930. The van der Waals surface area contributed by atoms with Crippen LogP contribution in [0.1, 0.15) is 23.4 Å². The Kier molecular flexibility index (Phi) is 4.13. The molecule has 1 heterocycles. The maximum absolute atomic E-state index is 6.42. The maximum Gasteiger partial charge on any atom is 0.124 e. The molecule has 2 aromatic rings. The van der Waals surface area contributed by atoms with Crippen LogP contribution in [0.15, 0.2) is 45.7 Å². The number of hydrogen-bond acceptors (Lipinski definition) is 2. The summed E-state index contributed by atoms with van der Waals surface area (Å²) < 4.78 is 11.6. The van der Waals surface area contributed by atoms with Gasteiger partial charge in [-0.3, -0.25) is 0 Å². The minimum atomic E-state index is -0.271. The molecule has 0 amide bonds. The Morgan fingerprint density at radius 3 is 2.88 bits per heavy atom. The fourth-order valence-corrected chi connectivity index (χ4v) is 2.28. The minimum absolute atomic E-state index is 0.271. The number of furan rings is 1. The zero-order valence-electron chi connectivity index (χ0n) is 9.32. The van der Waals surface area contributed by atoms with Gasteiger partial charge < -0.3 is 9.15 Å². The summed E-state index contributed by atoms with van der Waals surface area (Å²) in [7, 11) is 0. The summed E-state index contributed by atoms with van der Waals surface area (Å²) in [6.07, 6.45) is 3.26. The molecule has 0 aliphatic heterocycles. The van der Waals surface area contributed by atoms with Gasteiger partial charge in [0, 0.05) is 15.6 Å². The molecule has 0 radical (unpaired) electrons. The highest BCUT2D eigenvalue weighted by atomic mass is 79.9. The normalized spacial score (nSPS) is 12.4. The molecule has 1 unspecified atom stereocenters. The number of alkyl halides is 1. The Bertz CT molecular complexity index is 482. The van der Waals surface area contributed by atoms with E-state index in [2.05, 4.69) is 15.9 Å². The smallest absolute Gasteiger partial charge is 0.124 e. The van der Waals surface area contributed by atoms with Gasteiger partial charge in [-0.05, 0) is 31.2 Å². The highest BCUT2D eigenvalue weighted by Crippen LogP contribution is 2.36. The van der Waals surface area contributed by atoms with Crippen molar-refractivity contribution in [2.45, 2.75) is 12.3 Å². The lowest BCUT2D eigenvalue weighted by molar-refractivity contribution is 0.337. The molecule has 1 aromatic heterocycles. The van der Waals surface area contributed by atoms with Crippen LogP contribution in [0.5, 0.6) is 5.75 Å². The maximum atomic E-state index is 6.42. The Balaban J connectivity index is 2.38. The van der Waals surface area contributed by atoms with Gasteiger partial charge in [-0.2, -0.15) is 0 Å². The lowest BCUT2D eigenvalue weighted by atomic mass is 10.1. The van der Waals surface area contributed by atoms with E-state index in [9.17, 15) is 0 Å². The van der Waals surface area contributed by atoms with Gasteiger partial charge in [-0.25, -0.2) is 0 Å². The van der Waals surface area contributed by atoms with E-state index in [0.29, 0.717) is 6.61 Å². The topological polar surface area (TPSA) is 22.4 Å². The van der Waals surface area contributed by atoms with E-state index in [-0.39, 0.29) is 5.38 Å². The minimum Gasteiger partial charge on any atom is -0.494 e. The first-order valence-electron chi connectivity index (χ1n) is 5.30. The van der Waals surface area contributed by atoms with Gasteiger partial charge in [0.2, 0.25) is 0 Å². The van der Waals surface area contributed by atoms with Gasteiger partial charge in [-0.15, -0.1) is 11.6 Å². The van der Waals surface area contributed by atoms with E-state index in [1.165, 1.54) is 0 Å². The molecule has 90 valence electrons. The lowest BCUT2D eigenvalue weighted by Crippen LogP contribution is -1.99. The van der Waals surface area contributed by atoms with E-state index in [0.717, 1.165) is 21.3 Å². The molecule has 0 fully saturated rings. The van der Waals surface area contributed by atoms with Crippen molar-refractivity contribution in [2.24, 2.45) is 0 Å². The summed E-state index contributed by atoms with van der Waals surface area (Å²) in [6, 6.07) is 7.68. The summed E-state index contributed by atoms with van der Waals surface area (Å²) in [6.45, 7) is 2.57. The molecular formula is C13H12BrClO2. The summed E-state index contributed by atoms with van der Waals surface area (Å²) >= 11 is 9.87. The van der Waals surface area contributed by atoms with Crippen molar-refractivity contribution in [2.75, 3.05) is 6.61 Å². The van der Waals surface area contributed by atoms with Gasteiger partial charge >= 0.3 is 0 Å². The number of rotatable bonds is 4. The molecule has 0 aliphatic rings. The fraction of sp³-hybridized carbons (Fsp3) is 0.231. The average molecular weight is 316 g/mol. The quantitative estimate of drug-likeness (QED) is 0.758. The molecule has 4 heteroatoms. The molecule has 2 nitrogen and oxygen atoms in total. The van der Waals surface area contributed by atoms with Crippen LogP contribution in [-0.2, 0) is 0 Å². The zero-order valence-corrected chi connectivity index (χ0v) is 11.7. The van der Waals surface area contributed by atoms with Crippen molar-refractivity contribution in [3.63, 3.8) is 0 Å². The third-order valence-corrected chi connectivity index (χ3v) is 3.36. The highest BCUT2D eigenvalue weighted by Gasteiger charge is 2.17. The monoisotopic (exact) mass is 314 g/mol. The number of hydrogen-bond donors (Lipinski definition) is 0. The van der Waals surface area contributed by atoms with Crippen LogP contribution in [0.4, 0.5) is 0 Å². The molecule has 2 rings (SSSR count). The van der Waals surface area contributed by atoms with Gasteiger partial charge in [0.1, 0.15) is 5.75 Å². The average Bonchev–Trinajstić information content (AvgIpc) is 2.84. The first-order chi connectivity index (χ1) is 8.22. The first kappa shape index (κ1) is 12.5. The third kappa shape index (κ3) is 2.85. The van der Waals surface area contributed by atoms with Crippen molar-refractivity contribution in [1.82, 2.24) is 0 Å². The Morgan fingerprint density at radius 2 is 2.24 bits per heavy atom. The van der Waals surface area contributed by atoms with Crippen LogP contribution < -0.4 is 4.74 Å². The van der Waals surface area contributed by atoms with Gasteiger partial charge in [-0.1, -0.05) is 15.9 Å². The van der Waals surface area contributed by atoms with Crippen LogP contribution >= 0.6 is 27.5 Å². The predicted molar refractivity (Wildman–Crippen MR) is 71.7 cm³/mol. The standard InChI is InChI=1S/C13H12BrClO2/c1-2-17-12-4-3-10(14)7-11(12)13(15)9-5-6-16-8-9/h3-8,13H,2H2,1H3. The molecule has 0 bridgehead atoms. The molecule has 0 N–H and O–H groups in total. The van der Waals surface area contributed by atoms with Crippen LogP contribution in [0.3, 0.4) is 0 Å². The second kappa shape index (κ2) is 5.61. The predicted octanol–water partition coefficient (Wildman–Crippen LogP) is 4.77. The summed E-state index contributed by atoms with van der Waals surface area (Å²) in [5.41, 5.74) is 1.86. The zero-order chi connectivity index (χ0) is 12.3. The van der Waals surface area contributed by atoms with Crippen molar-refractivity contribution >= 4 is 27.5 Å². The number of benzene rings is 1. The van der Waals surface area contributed by atoms with Crippen LogP contribution in [0.2, 0.25) is 0 Å². The third-order valence-electron chi connectivity index (χ3n) is 2.38. The molecule has 17 heavy (non-hydrogen) atoms. The highest BCUT2D eigenvalue weighted by molar-refractivity contribution is 9.10. The van der Waals surface area contributed by atoms with Crippen LogP contribution in [0.25, 0.3) is 0 Å². The van der Waals surface area contributed by atoms with Gasteiger partial charge in [0.25, 0.3) is 0 Å². The molecule has 0 spiro atoms. The van der Waals surface area contributed by atoms with E-state index >= 15 is 0 Å². The molecule has 0 aliphatic carbocycles. The second-order valence-corrected chi connectivity index (χ2v) is 4.89. The molecule has 0 saturated carbocycles. The van der Waals surface area contributed by atoms with Crippen molar-refractivity contribution in [3.8, 4) is 5.75 Å². The number of halogens is 2. The van der Waals surface area contributed by atoms with Crippen molar-refractivity contribution in [1.29, 1.82) is 0 Å². The van der Waals surface area contributed by atoms with Gasteiger partial charge in [0.05, 0.1) is 24.5 Å². The van der Waals surface area contributed by atoms with E-state index in [4.69, 9.17) is 20.8 Å². The van der Waals surface area contributed by atoms with Crippen LogP contribution in [-0.4, -0.2) is 6.61 Å². The first-order valence-corrected chi connectivity index (χ1v) is 6.53. The Morgan fingerprint density at radius 1 is 1.41 bits per heavy atom. The summed E-state index contributed by atoms with van der Waals surface area (Å²) in [5, 5.41) is -0.271. The lowest BCUT2D eigenvalue weighted by Gasteiger charge is -2.14. The van der Waals surface area contributed by atoms with Gasteiger partial charge in [0.15, 0.2) is 0 Å². The SMILES string of the molecule is CCOc1ccc(Br)cc1C(Cl)c1ccoc1. The van der Waals surface area contributed by atoms with Crippen LogP contribution in [0, 0.1) is 0 Å². The molecular weight excluding hydrogens is 303 g/mol. The Labute approximate surface area is 114 Å². The van der Waals surface area contributed by atoms with E-state index in [1.807, 2.05) is 31.2 Å². The fourth-order valence-electron chi connectivity index (χ4n) is 1.60. The van der Waals surface area contributed by atoms with Crippen molar-refractivity contribution in [3.05, 3.63) is 52.4 Å².